The van der Waals surface area contributed by atoms with Gasteiger partial charge in [-0.3, -0.25) is 15.1 Å². The second-order valence-corrected chi connectivity index (χ2v) is 5.64. The fraction of sp³-hybridized carbons (Fsp3) is 0.111. The van der Waals surface area contributed by atoms with Gasteiger partial charge in [-0.2, -0.15) is 0 Å². The number of fused-ring (bicyclic) bond motifs is 1. The van der Waals surface area contributed by atoms with Gasteiger partial charge in [-0.1, -0.05) is 24.3 Å². The number of hydrogen-bond donors (Lipinski definition) is 3. The highest BCUT2D eigenvalue weighted by Crippen LogP contribution is 2.19. The summed E-state index contributed by atoms with van der Waals surface area (Å²) in [5.41, 5.74) is 2.87. The van der Waals surface area contributed by atoms with Crippen molar-refractivity contribution in [1.82, 2.24) is 25.1 Å². The van der Waals surface area contributed by atoms with Crippen LogP contribution in [-0.4, -0.2) is 31.1 Å². The Labute approximate surface area is 143 Å². The van der Waals surface area contributed by atoms with E-state index in [-0.39, 0.29) is 5.91 Å². The van der Waals surface area contributed by atoms with Crippen molar-refractivity contribution in [1.29, 1.82) is 0 Å². The molecule has 0 unspecified atom stereocenters. The van der Waals surface area contributed by atoms with E-state index in [9.17, 15) is 4.79 Å². The molecule has 0 bridgehead atoms. The minimum absolute atomic E-state index is 0.117. The maximum absolute atomic E-state index is 12.2. The Balaban J connectivity index is 1.39. The maximum Gasteiger partial charge on any atom is 0.228 e. The highest BCUT2D eigenvalue weighted by atomic mass is 16.1. The van der Waals surface area contributed by atoms with Crippen LogP contribution in [0.25, 0.3) is 22.4 Å². The third kappa shape index (κ3) is 3.25. The Bertz CT molecular complexity index is 1000. The molecule has 1 amide bonds. The molecule has 0 saturated carbocycles. The summed E-state index contributed by atoms with van der Waals surface area (Å²) in [6.45, 7) is 0. The van der Waals surface area contributed by atoms with Crippen molar-refractivity contribution in [2.75, 3.05) is 5.32 Å². The number of nitrogens with one attached hydrogen (secondary N) is 3. The molecular formula is C18H16N6O. The Morgan fingerprint density at radius 2 is 1.96 bits per heavy atom. The Morgan fingerprint density at radius 1 is 1.08 bits per heavy atom. The number of para-hydroxylation sites is 1. The standard InChI is InChI=1S/C18H16N6O/c25-16(9-8-12-11-20-14-6-2-1-5-13(12)14)21-18-22-17(23-24-18)15-7-3-4-10-19-15/h1-7,10-11,20H,8-9H2,(H2,21,22,23,24,25). The highest BCUT2D eigenvalue weighted by Gasteiger charge is 2.10. The number of amides is 1. The van der Waals surface area contributed by atoms with Gasteiger partial charge in [-0.05, 0) is 30.2 Å². The van der Waals surface area contributed by atoms with E-state index < -0.39 is 0 Å². The van der Waals surface area contributed by atoms with Gasteiger partial charge < -0.3 is 9.97 Å². The largest absolute Gasteiger partial charge is 0.361 e. The van der Waals surface area contributed by atoms with Crippen LogP contribution in [0, 0.1) is 0 Å². The molecule has 3 N–H and O–H groups in total. The van der Waals surface area contributed by atoms with E-state index in [1.807, 2.05) is 42.6 Å². The first-order valence-corrected chi connectivity index (χ1v) is 7.98. The summed E-state index contributed by atoms with van der Waals surface area (Å²) >= 11 is 0. The van der Waals surface area contributed by atoms with Crippen LogP contribution >= 0.6 is 0 Å². The first kappa shape index (κ1) is 15.1. The lowest BCUT2D eigenvalue weighted by Crippen LogP contribution is -2.13. The monoisotopic (exact) mass is 332 g/mol. The quantitative estimate of drug-likeness (QED) is 0.523. The summed E-state index contributed by atoms with van der Waals surface area (Å²) < 4.78 is 0. The Kier molecular flexibility index (Phi) is 3.96. The lowest BCUT2D eigenvalue weighted by Gasteiger charge is -2.01. The molecule has 7 nitrogen and oxygen atoms in total. The van der Waals surface area contributed by atoms with Crippen LogP contribution in [0.3, 0.4) is 0 Å². The lowest BCUT2D eigenvalue weighted by atomic mass is 10.1. The normalized spacial score (nSPS) is 10.9. The molecule has 0 aliphatic rings. The minimum Gasteiger partial charge on any atom is -0.361 e. The zero-order chi connectivity index (χ0) is 17.1. The molecule has 1 aromatic carbocycles. The average molecular weight is 332 g/mol. The molecular weight excluding hydrogens is 316 g/mol. The average Bonchev–Trinajstić information content (AvgIpc) is 3.28. The molecule has 3 heterocycles. The van der Waals surface area contributed by atoms with Crippen molar-refractivity contribution in [2.24, 2.45) is 0 Å². The second-order valence-electron chi connectivity index (χ2n) is 5.64. The molecule has 0 aliphatic heterocycles. The summed E-state index contributed by atoms with van der Waals surface area (Å²) in [6, 6.07) is 13.6. The van der Waals surface area contributed by atoms with Gasteiger partial charge in [0.25, 0.3) is 0 Å². The van der Waals surface area contributed by atoms with Crippen LogP contribution in [0.15, 0.2) is 54.9 Å². The van der Waals surface area contributed by atoms with Gasteiger partial charge in [0, 0.05) is 29.7 Å². The number of rotatable bonds is 5. The van der Waals surface area contributed by atoms with Crippen molar-refractivity contribution >= 4 is 22.8 Å². The predicted octanol–water partition coefficient (Wildman–Crippen LogP) is 2.92. The summed E-state index contributed by atoms with van der Waals surface area (Å²) in [5.74, 6) is 0.728. The van der Waals surface area contributed by atoms with Crippen molar-refractivity contribution in [2.45, 2.75) is 12.8 Å². The zero-order valence-electron chi connectivity index (χ0n) is 13.4. The van der Waals surface area contributed by atoms with Crippen LogP contribution in [-0.2, 0) is 11.2 Å². The molecule has 25 heavy (non-hydrogen) atoms. The van der Waals surface area contributed by atoms with Gasteiger partial charge in [-0.15, -0.1) is 10.2 Å². The molecule has 0 spiro atoms. The molecule has 4 aromatic rings. The van der Waals surface area contributed by atoms with Crippen molar-refractivity contribution < 1.29 is 4.79 Å². The first-order valence-electron chi connectivity index (χ1n) is 7.98. The van der Waals surface area contributed by atoms with Gasteiger partial charge in [0.1, 0.15) is 5.69 Å². The first-order chi connectivity index (χ1) is 12.3. The molecule has 7 heteroatoms. The minimum atomic E-state index is -0.117. The van der Waals surface area contributed by atoms with Crippen LogP contribution in [0.5, 0.6) is 0 Å². The number of hydrogen-bond acceptors (Lipinski definition) is 4. The van der Waals surface area contributed by atoms with E-state index in [0.717, 1.165) is 16.5 Å². The van der Waals surface area contributed by atoms with Gasteiger partial charge in [0.15, 0.2) is 5.82 Å². The number of benzene rings is 1. The number of carbonyl (C=O) groups is 1. The summed E-state index contributed by atoms with van der Waals surface area (Å²) in [6.07, 6.45) is 4.64. The van der Waals surface area contributed by atoms with Crippen LogP contribution in [0.1, 0.15) is 12.0 Å². The van der Waals surface area contributed by atoms with E-state index in [1.165, 1.54) is 0 Å². The molecule has 0 radical (unpaired) electrons. The fourth-order valence-corrected chi connectivity index (χ4v) is 2.72. The fourth-order valence-electron chi connectivity index (χ4n) is 2.72. The number of aromatic nitrogens is 5. The number of H-pyrrole nitrogens is 2. The SMILES string of the molecule is O=C(CCc1c[nH]c2ccccc12)Nc1nnc(-c2ccccn2)[nH]1. The molecule has 0 fully saturated rings. The second kappa shape index (κ2) is 6.56. The number of aryl methyl sites for hydroxylation is 1. The molecule has 0 saturated heterocycles. The van der Waals surface area contributed by atoms with E-state index in [0.29, 0.717) is 30.3 Å². The molecule has 124 valence electrons. The number of nitrogens with zero attached hydrogens (tertiary/aromatic N) is 3. The number of carbonyl (C=O) groups excluding carboxylic acids is 1. The molecule has 4 rings (SSSR count). The van der Waals surface area contributed by atoms with Gasteiger partial charge >= 0.3 is 0 Å². The molecule has 0 aliphatic carbocycles. The van der Waals surface area contributed by atoms with Crippen LogP contribution in [0.4, 0.5) is 5.95 Å². The summed E-state index contributed by atoms with van der Waals surface area (Å²) in [4.78, 5) is 22.5. The van der Waals surface area contributed by atoms with E-state index in [4.69, 9.17) is 0 Å². The Hall–Kier alpha value is -3.48. The van der Waals surface area contributed by atoms with E-state index in [2.05, 4.69) is 36.5 Å². The van der Waals surface area contributed by atoms with Gasteiger partial charge in [0.2, 0.25) is 11.9 Å². The zero-order valence-corrected chi connectivity index (χ0v) is 13.4. The summed E-state index contributed by atoms with van der Waals surface area (Å²) in [5, 5.41) is 11.8. The topological polar surface area (TPSA) is 99.3 Å². The highest BCUT2D eigenvalue weighted by molar-refractivity contribution is 5.90. The lowest BCUT2D eigenvalue weighted by molar-refractivity contribution is -0.116. The van der Waals surface area contributed by atoms with Gasteiger partial charge in [0.05, 0.1) is 0 Å². The Morgan fingerprint density at radius 3 is 2.84 bits per heavy atom. The van der Waals surface area contributed by atoms with E-state index >= 15 is 0 Å². The van der Waals surface area contributed by atoms with Crippen molar-refractivity contribution in [3.63, 3.8) is 0 Å². The molecule has 0 atom stereocenters. The maximum atomic E-state index is 12.2. The van der Waals surface area contributed by atoms with Crippen LogP contribution in [0.2, 0.25) is 0 Å². The number of anilines is 1. The predicted molar refractivity (Wildman–Crippen MR) is 94.9 cm³/mol. The smallest absolute Gasteiger partial charge is 0.228 e. The van der Waals surface area contributed by atoms with Crippen LogP contribution < -0.4 is 5.32 Å². The van der Waals surface area contributed by atoms with Gasteiger partial charge in [-0.25, -0.2) is 0 Å². The number of aromatic amines is 2. The molecule has 3 aromatic heterocycles. The van der Waals surface area contributed by atoms with E-state index in [1.54, 1.807) is 6.20 Å². The van der Waals surface area contributed by atoms with Crippen molar-refractivity contribution in [3.8, 4) is 11.5 Å². The third-order valence-electron chi connectivity index (χ3n) is 3.95. The summed E-state index contributed by atoms with van der Waals surface area (Å²) in [7, 11) is 0. The van der Waals surface area contributed by atoms with Crippen molar-refractivity contribution in [3.05, 3.63) is 60.4 Å². The number of pyridine rings is 1. The third-order valence-corrected chi connectivity index (χ3v) is 3.95.